The SMILES string of the molecule is Cc1cncnc1C(O)c1cc(-c2ncnc3cc(N4CCOCC4)ccc23)ccc1O. The van der Waals surface area contributed by atoms with Gasteiger partial charge >= 0.3 is 0 Å². The molecule has 1 unspecified atom stereocenters. The number of nitrogens with zero attached hydrogens (tertiary/aromatic N) is 5. The minimum Gasteiger partial charge on any atom is -0.508 e. The Kier molecular flexibility index (Phi) is 5.38. The zero-order valence-electron chi connectivity index (χ0n) is 17.6. The molecule has 1 aliphatic heterocycles. The van der Waals surface area contributed by atoms with E-state index in [0.717, 1.165) is 59.7 Å². The molecule has 0 saturated carbocycles. The van der Waals surface area contributed by atoms with E-state index in [9.17, 15) is 10.2 Å². The first-order valence-corrected chi connectivity index (χ1v) is 10.5. The number of hydrogen-bond donors (Lipinski definition) is 2. The number of aryl methyl sites for hydroxylation is 1. The molecule has 32 heavy (non-hydrogen) atoms. The number of benzene rings is 2. The second-order valence-electron chi connectivity index (χ2n) is 7.79. The molecule has 162 valence electrons. The molecular weight excluding hydrogens is 406 g/mol. The molecule has 0 bridgehead atoms. The molecule has 8 nitrogen and oxygen atoms in total. The highest BCUT2D eigenvalue weighted by atomic mass is 16.5. The predicted molar refractivity (Wildman–Crippen MR) is 121 cm³/mol. The molecule has 3 heterocycles. The largest absolute Gasteiger partial charge is 0.508 e. The van der Waals surface area contributed by atoms with Crippen molar-refractivity contribution in [2.45, 2.75) is 13.0 Å². The topological polar surface area (TPSA) is 104 Å². The van der Waals surface area contributed by atoms with Gasteiger partial charge in [-0.2, -0.15) is 0 Å². The van der Waals surface area contributed by atoms with Gasteiger partial charge in [-0.25, -0.2) is 19.9 Å². The summed E-state index contributed by atoms with van der Waals surface area (Å²) in [6.07, 6.45) is 3.48. The van der Waals surface area contributed by atoms with Crippen LogP contribution >= 0.6 is 0 Å². The van der Waals surface area contributed by atoms with E-state index >= 15 is 0 Å². The van der Waals surface area contributed by atoms with Gasteiger partial charge in [0.05, 0.1) is 30.1 Å². The van der Waals surface area contributed by atoms with Crippen molar-refractivity contribution in [3.8, 4) is 17.0 Å². The highest BCUT2D eigenvalue weighted by molar-refractivity contribution is 5.94. The number of ether oxygens (including phenoxy) is 1. The highest BCUT2D eigenvalue weighted by Gasteiger charge is 2.20. The first-order chi connectivity index (χ1) is 15.6. The standard InChI is InChI=1S/C24H23N5O3/c1-15-12-25-13-27-22(15)24(31)19-10-16(2-5-21(19)30)23-18-4-3-17(11-20(18)26-14-28-23)29-6-8-32-9-7-29/h2-5,10-14,24,30-31H,6-9H2,1H3. The van der Waals surface area contributed by atoms with Crippen LogP contribution in [0.25, 0.3) is 22.2 Å². The summed E-state index contributed by atoms with van der Waals surface area (Å²) in [7, 11) is 0. The van der Waals surface area contributed by atoms with Crippen molar-refractivity contribution in [2.24, 2.45) is 0 Å². The smallest absolute Gasteiger partial charge is 0.125 e. The third kappa shape index (κ3) is 3.74. The molecule has 1 aliphatic rings. The van der Waals surface area contributed by atoms with Crippen molar-refractivity contribution in [1.29, 1.82) is 0 Å². The summed E-state index contributed by atoms with van der Waals surface area (Å²) in [5.74, 6) is -0.00720. The fourth-order valence-corrected chi connectivity index (χ4v) is 4.06. The van der Waals surface area contributed by atoms with E-state index in [1.807, 2.05) is 13.0 Å². The van der Waals surface area contributed by atoms with Crippen LogP contribution in [0.1, 0.15) is 22.9 Å². The Morgan fingerprint density at radius 3 is 2.66 bits per heavy atom. The summed E-state index contributed by atoms with van der Waals surface area (Å²) in [6, 6.07) is 11.3. The quantitative estimate of drug-likeness (QED) is 0.510. The zero-order valence-corrected chi connectivity index (χ0v) is 17.6. The lowest BCUT2D eigenvalue weighted by atomic mass is 9.97. The second-order valence-corrected chi connectivity index (χ2v) is 7.79. The first kappa shape index (κ1) is 20.3. The average molecular weight is 429 g/mol. The monoisotopic (exact) mass is 429 g/mol. The zero-order chi connectivity index (χ0) is 22.1. The number of phenols is 1. The fourth-order valence-electron chi connectivity index (χ4n) is 4.06. The molecular formula is C24H23N5O3. The Morgan fingerprint density at radius 1 is 1.00 bits per heavy atom. The van der Waals surface area contributed by atoms with Crippen molar-refractivity contribution in [1.82, 2.24) is 19.9 Å². The molecule has 2 N–H and O–H groups in total. The molecule has 0 spiro atoms. The van der Waals surface area contributed by atoms with Crippen LogP contribution in [0.15, 0.2) is 55.2 Å². The molecule has 0 aliphatic carbocycles. The van der Waals surface area contributed by atoms with Gasteiger partial charge in [0.1, 0.15) is 24.5 Å². The molecule has 4 aromatic rings. The molecule has 5 rings (SSSR count). The van der Waals surface area contributed by atoms with Gasteiger partial charge < -0.3 is 19.8 Å². The average Bonchev–Trinajstić information content (AvgIpc) is 2.84. The van der Waals surface area contributed by atoms with Gasteiger partial charge in [0.2, 0.25) is 0 Å². The molecule has 0 amide bonds. The lowest BCUT2D eigenvalue weighted by Crippen LogP contribution is -2.36. The van der Waals surface area contributed by atoms with Gasteiger partial charge in [-0.1, -0.05) is 0 Å². The van der Waals surface area contributed by atoms with E-state index in [1.54, 1.807) is 24.4 Å². The maximum Gasteiger partial charge on any atom is 0.125 e. The number of rotatable bonds is 4. The Bertz CT molecular complexity index is 1270. The van der Waals surface area contributed by atoms with Crippen molar-refractivity contribution in [3.63, 3.8) is 0 Å². The van der Waals surface area contributed by atoms with Crippen LogP contribution in [-0.2, 0) is 4.74 Å². The maximum atomic E-state index is 10.9. The van der Waals surface area contributed by atoms with E-state index in [1.165, 1.54) is 12.7 Å². The molecule has 0 radical (unpaired) electrons. The Hall–Kier alpha value is -3.62. The van der Waals surface area contributed by atoms with Crippen LogP contribution < -0.4 is 4.90 Å². The number of aromatic hydroxyl groups is 1. The lowest BCUT2D eigenvalue weighted by molar-refractivity contribution is 0.122. The molecule has 1 atom stereocenters. The van der Waals surface area contributed by atoms with Crippen molar-refractivity contribution in [3.05, 3.63) is 72.1 Å². The normalized spacial score (nSPS) is 15.1. The minimum atomic E-state index is -1.08. The minimum absolute atomic E-state index is 0.00720. The molecule has 1 fully saturated rings. The number of anilines is 1. The fraction of sp³-hybridized carbons (Fsp3) is 0.250. The van der Waals surface area contributed by atoms with Gasteiger partial charge in [-0.05, 0) is 48.9 Å². The third-order valence-corrected chi connectivity index (χ3v) is 5.79. The summed E-state index contributed by atoms with van der Waals surface area (Å²) in [6.45, 7) is 4.97. The molecule has 1 saturated heterocycles. The number of fused-ring (bicyclic) bond motifs is 1. The van der Waals surface area contributed by atoms with Gasteiger partial charge in [-0.3, -0.25) is 0 Å². The Morgan fingerprint density at radius 2 is 1.84 bits per heavy atom. The Balaban J connectivity index is 1.55. The van der Waals surface area contributed by atoms with Crippen molar-refractivity contribution < 1.29 is 14.9 Å². The van der Waals surface area contributed by atoms with Gasteiger partial charge in [0, 0.05) is 41.5 Å². The summed E-state index contributed by atoms with van der Waals surface area (Å²) in [4.78, 5) is 19.4. The predicted octanol–water partition coefficient (Wildman–Crippen LogP) is 3.02. The van der Waals surface area contributed by atoms with Crippen molar-refractivity contribution >= 4 is 16.6 Å². The number of aromatic nitrogens is 4. The summed E-state index contributed by atoms with van der Waals surface area (Å²) in [5, 5.41) is 22.3. The number of phenolic OH excluding ortho intramolecular Hbond substituents is 1. The molecule has 8 heteroatoms. The molecule has 2 aromatic carbocycles. The Labute approximate surface area is 185 Å². The summed E-state index contributed by atoms with van der Waals surface area (Å²) < 4.78 is 5.45. The van der Waals surface area contributed by atoms with Crippen LogP contribution in [0.5, 0.6) is 5.75 Å². The van der Waals surface area contributed by atoms with Crippen LogP contribution in [-0.4, -0.2) is 56.5 Å². The summed E-state index contributed by atoms with van der Waals surface area (Å²) in [5.41, 5.74) is 5.00. The first-order valence-electron chi connectivity index (χ1n) is 10.5. The third-order valence-electron chi connectivity index (χ3n) is 5.79. The van der Waals surface area contributed by atoms with Crippen LogP contribution in [0.4, 0.5) is 5.69 Å². The number of aliphatic hydroxyl groups is 1. The van der Waals surface area contributed by atoms with Gasteiger partial charge in [0.15, 0.2) is 0 Å². The second kappa shape index (κ2) is 8.49. The van der Waals surface area contributed by atoms with E-state index in [-0.39, 0.29) is 5.75 Å². The maximum absolute atomic E-state index is 10.9. The van der Waals surface area contributed by atoms with E-state index in [4.69, 9.17) is 4.74 Å². The van der Waals surface area contributed by atoms with Gasteiger partial charge in [-0.15, -0.1) is 0 Å². The van der Waals surface area contributed by atoms with E-state index < -0.39 is 6.10 Å². The summed E-state index contributed by atoms with van der Waals surface area (Å²) >= 11 is 0. The number of morpholine rings is 1. The van der Waals surface area contributed by atoms with Crippen molar-refractivity contribution in [2.75, 3.05) is 31.2 Å². The van der Waals surface area contributed by atoms with E-state index in [0.29, 0.717) is 11.3 Å². The molecule has 2 aromatic heterocycles. The van der Waals surface area contributed by atoms with Crippen LogP contribution in [0.3, 0.4) is 0 Å². The van der Waals surface area contributed by atoms with Crippen LogP contribution in [0, 0.1) is 6.92 Å². The van der Waals surface area contributed by atoms with E-state index in [2.05, 4.69) is 37.0 Å². The van der Waals surface area contributed by atoms with Gasteiger partial charge in [0.25, 0.3) is 0 Å². The lowest BCUT2D eigenvalue weighted by Gasteiger charge is -2.29. The number of aliphatic hydroxyl groups excluding tert-OH is 1. The number of hydrogen-bond acceptors (Lipinski definition) is 8. The highest BCUT2D eigenvalue weighted by Crippen LogP contribution is 2.35. The van der Waals surface area contributed by atoms with Crippen LogP contribution in [0.2, 0.25) is 0 Å².